The molecule has 12 amide bonds. The van der Waals surface area contributed by atoms with Crippen LogP contribution in [0.2, 0.25) is 0 Å². The van der Waals surface area contributed by atoms with Crippen LogP contribution in [0.1, 0.15) is 159 Å². The van der Waals surface area contributed by atoms with Crippen molar-refractivity contribution in [2.24, 2.45) is 11.8 Å². The third kappa shape index (κ3) is 24.0. The Hall–Kier alpha value is -12.7. The van der Waals surface area contributed by atoms with Crippen molar-refractivity contribution in [3.05, 3.63) is 191 Å². The van der Waals surface area contributed by atoms with E-state index >= 15 is 38.4 Å². The van der Waals surface area contributed by atoms with Gasteiger partial charge in [0.15, 0.2) is 23.5 Å². The van der Waals surface area contributed by atoms with Gasteiger partial charge in [0.25, 0.3) is 11.8 Å². The number of nitrogens with one attached hydrogen (secondary N) is 6. The molecule has 36 nitrogen and oxygen atoms in total. The lowest BCUT2D eigenvalue weighted by atomic mass is 9.90. The first-order chi connectivity index (χ1) is 66.0. The number of hydrogen-bond acceptors (Lipinski definition) is 26. The smallest absolute Gasteiger partial charge is 0.333 e. The fourth-order valence-corrected chi connectivity index (χ4v) is 21.1. The van der Waals surface area contributed by atoms with E-state index in [0.29, 0.717) is 74.7 Å². The summed E-state index contributed by atoms with van der Waals surface area (Å²) in [6, 6.07) is 21.0. The van der Waals surface area contributed by atoms with E-state index in [0.717, 1.165) is 11.1 Å². The summed E-state index contributed by atoms with van der Waals surface area (Å²) in [5.41, 5.74) is -0.880. The molecule has 38 heteroatoms. The third-order valence-corrected chi connectivity index (χ3v) is 29.9. The fraction of sp³-hybridized carbons (Fsp3) is 0.500. The number of thioether (sulfide) groups is 2. The highest BCUT2D eigenvalue weighted by Crippen LogP contribution is 2.35. The lowest BCUT2D eigenvalue weighted by Gasteiger charge is -2.42. The van der Waals surface area contributed by atoms with Crippen LogP contribution in [0, 0.1) is 25.7 Å². The van der Waals surface area contributed by atoms with Crippen molar-refractivity contribution in [3.8, 4) is 11.5 Å². The Labute approximate surface area is 810 Å². The molecule has 13 rings (SSSR count). The van der Waals surface area contributed by atoms with E-state index < -0.39 is 214 Å². The number of rotatable bonds is 22. The van der Waals surface area contributed by atoms with Crippen molar-refractivity contribution in [2.75, 3.05) is 103 Å². The van der Waals surface area contributed by atoms with Crippen LogP contribution in [0.3, 0.4) is 0 Å². The Morgan fingerprint density at radius 1 is 0.464 bits per heavy atom. The second kappa shape index (κ2) is 45.7. The molecule has 0 aliphatic carbocycles. The van der Waals surface area contributed by atoms with Gasteiger partial charge in [-0.1, -0.05) is 134 Å². The number of amides is 12. The number of aryl methyl sites for hydroxylation is 2. The Morgan fingerprint density at radius 3 is 1.17 bits per heavy atom. The molecule has 138 heavy (non-hydrogen) atoms. The summed E-state index contributed by atoms with van der Waals surface area (Å²) in [6.45, 7) is 16.3. The number of piperidine rings is 2. The van der Waals surface area contributed by atoms with Crippen LogP contribution in [0.4, 0.5) is 0 Å². The van der Waals surface area contributed by atoms with Crippen LogP contribution < -0.4 is 31.9 Å². The summed E-state index contributed by atoms with van der Waals surface area (Å²) in [5.74, 6) is -13.7. The molecular formula is C100H124N16O20S2. The van der Waals surface area contributed by atoms with Gasteiger partial charge in [-0.3, -0.25) is 76.9 Å². The molecule has 7 fully saturated rings. The van der Waals surface area contributed by atoms with Crippen molar-refractivity contribution in [1.82, 2.24) is 81.1 Å². The molecule has 7 aliphatic heterocycles. The van der Waals surface area contributed by atoms with Gasteiger partial charge in [-0.15, -0.1) is 0 Å². The average molecular weight is 1930 g/mol. The highest BCUT2D eigenvalue weighted by atomic mass is 32.2. The number of cyclic esters (lactones) is 2. The van der Waals surface area contributed by atoms with Gasteiger partial charge in [-0.2, -0.15) is 23.5 Å². The van der Waals surface area contributed by atoms with Crippen LogP contribution in [-0.2, 0) is 89.4 Å². The number of pyridine rings is 2. The molecule has 4 aromatic carbocycles. The summed E-state index contributed by atoms with van der Waals surface area (Å²) in [6.07, 6.45) is -0.714. The van der Waals surface area contributed by atoms with E-state index in [9.17, 15) is 48.6 Å². The number of Topliss-reactive ketones (excluding diaryl/α,β-unsaturated/α-hetero) is 2. The fourth-order valence-electron chi connectivity index (χ4n) is 18.8. The maximum atomic E-state index is 16.1. The number of benzene rings is 4. The van der Waals surface area contributed by atoms with E-state index in [1.807, 2.05) is 62.4 Å². The third-order valence-electron chi connectivity index (χ3n) is 27.7. The number of likely N-dealkylation sites (N-methyl/N-ethyl adjacent to an activating group) is 2. The van der Waals surface area contributed by atoms with Crippen molar-refractivity contribution < 1.29 is 96.4 Å². The Morgan fingerprint density at radius 2 is 0.826 bits per heavy atom. The minimum absolute atomic E-state index is 0.0306. The van der Waals surface area contributed by atoms with Crippen LogP contribution in [-0.4, -0.2) is 328 Å². The first-order valence-corrected chi connectivity index (χ1v) is 49.5. The van der Waals surface area contributed by atoms with Crippen LogP contribution in [0.5, 0.6) is 11.5 Å². The van der Waals surface area contributed by atoms with Gasteiger partial charge in [-0.05, 0) is 127 Å². The van der Waals surface area contributed by atoms with Crippen LogP contribution >= 0.6 is 23.5 Å². The molecule has 16 atom stereocenters. The number of carbonyl (C=O) groups excluding carboxylic acids is 16. The summed E-state index contributed by atoms with van der Waals surface area (Å²) >= 11 is 3.01. The highest BCUT2D eigenvalue weighted by molar-refractivity contribution is 7.99. The monoisotopic (exact) mass is 1930 g/mol. The summed E-state index contributed by atoms with van der Waals surface area (Å²) in [5, 5.41) is 37.6. The maximum absolute atomic E-state index is 16.1. The molecular weight excluding hydrogens is 1810 g/mol. The largest absolute Gasteiger partial charge is 0.505 e. The standard InChI is InChI=1S/C100H124N16O20S2/c1-11-99(7)97(133)113-41-21-27-69(113)91(127)109(9)73(51-63-35-31-59(3)32-36-63)93(129)115-55-67(77(119)53-71(115)85(121)105-81(65-23-15-13-16-24-65)95(131)135-61(5)79(89(125)107-99)103-87(123)83-75(117)29-19-39-101-83)57-137-49-47-111-43-45-112(46-44-111)48-50-138-58-68-56-116-72(54-78(68)120)86(122)106-82(66-25-17-14-18-26-66)96(132)136-62(6)80(104-88(124)84-76(118)30-20-40-102-84)90(126)108-100(8,12-2)98(134)114-42-22-28-70(114)92(128)110(10)74(94(116)130)52-64-37-33-60(4)34-38-64/h13-20,23-26,29-40,61-62,67-74,79-82,117-118H,11-12,21-22,27-28,41-58H2,1-10H3,(H,103,123)(H,104,124)(H,105,121)(H,106,122)(H,107,125)(H,108,126)/t61-,62-,67?,68?,69+,70+,71+,72+,73+,74+,79+,80+,81+,82+,99+,100+/m1/s1. The number of hydrogen-bond donors (Lipinski definition) is 8. The van der Waals surface area contributed by atoms with Crippen LogP contribution in [0.15, 0.2) is 146 Å². The van der Waals surface area contributed by atoms with Crippen molar-refractivity contribution in [2.45, 2.75) is 203 Å². The quantitative estimate of drug-likeness (QED) is 0.0346. The Kier molecular flexibility index (Phi) is 34.0. The number of aromatic hydroxyl groups is 2. The normalized spacial score (nSPS) is 27.6. The van der Waals surface area contributed by atoms with E-state index in [-0.39, 0.29) is 98.9 Å². The Bertz CT molecular complexity index is 5170. The lowest BCUT2D eigenvalue weighted by Crippen LogP contribution is -2.65. The summed E-state index contributed by atoms with van der Waals surface area (Å²) < 4.78 is 12.1. The van der Waals surface area contributed by atoms with E-state index in [4.69, 9.17) is 9.47 Å². The van der Waals surface area contributed by atoms with Gasteiger partial charge in [0.1, 0.15) is 94.7 Å². The topological polar surface area (TPSA) is 456 Å². The van der Waals surface area contributed by atoms with Crippen LogP contribution in [0.25, 0.3) is 0 Å². The van der Waals surface area contributed by atoms with E-state index in [1.54, 1.807) is 74.5 Å². The molecule has 2 aromatic heterocycles. The van der Waals surface area contributed by atoms with Gasteiger partial charge < -0.3 is 81.0 Å². The van der Waals surface area contributed by atoms with E-state index in [2.05, 4.69) is 51.7 Å². The van der Waals surface area contributed by atoms with Gasteiger partial charge in [0.05, 0.1) is 0 Å². The molecule has 8 N–H and O–H groups in total. The zero-order chi connectivity index (χ0) is 99.1. The molecule has 9 heterocycles. The van der Waals surface area contributed by atoms with Crippen molar-refractivity contribution in [1.29, 1.82) is 0 Å². The van der Waals surface area contributed by atoms with Crippen molar-refractivity contribution >= 4 is 118 Å². The Balaban J connectivity index is 0.695. The molecule has 0 bridgehead atoms. The van der Waals surface area contributed by atoms with E-state index in [1.165, 1.54) is 131 Å². The van der Waals surface area contributed by atoms with Gasteiger partial charge >= 0.3 is 11.9 Å². The maximum Gasteiger partial charge on any atom is 0.333 e. The minimum Gasteiger partial charge on any atom is -0.505 e. The lowest BCUT2D eigenvalue weighted by molar-refractivity contribution is -0.158. The van der Waals surface area contributed by atoms with Gasteiger partial charge in [0.2, 0.25) is 59.1 Å². The number of ether oxygens (including phenoxy) is 2. The molecule has 736 valence electrons. The molecule has 2 unspecified atom stereocenters. The predicted molar refractivity (Wildman–Crippen MR) is 511 cm³/mol. The number of piperazine rings is 1. The SMILES string of the molecule is CC[C@]1(C)NC(=O)[C@@H](NC(=O)c2ncccc2O)[C@@H](C)OC(=O)[C@H](c2ccccc2)NC(=O)[C@@H]2CC(=O)C(CSCCN3CCN(CCSCC4CN5C(=O)[C@H](Cc6ccc(C)cc6)N(C)C(=O)[C@@H]6CCCN6C(=O)[C@](C)(CC)NC(=O)[C@@H](NC(=O)c6ncccc6O)[C@@H](C)OC(=O)[C@H](c6ccccc6)NC(=O)[C@@H]5CC4=O)CC3)CN2C(=O)[C@H](Cc2ccc(C)cc2)N(C)C(=O)[C@@H]2CCCN2C1=O. The average Bonchev–Trinajstić information content (AvgIpc) is 1.42. The number of esters is 2. The number of carbonyl (C=O) groups is 16. The summed E-state index contributed by atoms with van der Waals surface area (Å²) in [4.78, 5) is 262. The van der Waals surface area contributed by atoms with Crippen molar-refractivity contribution in [3.63, 3.8) is 0 Å². The highest BCUT2D eigenvalue weighted by Gasteiger charge is 2.53. The zero-order valence-corrected chi connectivity index (χ0v) is 81.1. The zero-order valence-electron chi connectivity index (χ0n) is 79.4. The molecule has 0 spiro atoms. The molecule has 0 radical (unpaired) electrons. The predicted octanol–water partition coefficient (Wildman–Crippen LogP) is 4.35. The molecule has 7 saturated heterocycles. The number of ketones is 2. The molecule has 0 saturated carbocycles. The first-order valence-electron chi connectivity index (χ1n) is 47.2. The second-order valence-electron chi connectivity index (χ2n) is 37.2. The van der Waals surface area contributed by atoms with Gasteiger partial charge in [0, 0.05) is 152 Å². The number of nitrogens with zero attached hydrogens (tertiary/aromatic N) is 10. The molecule has 7 aliphatic rings. The first kappa shape index (κ1) is 103. The number of aromatic nitrogens is 2. The summed E-state index contributed by atoms with van der Waals surface area (Å²) in [7, 11) is 2.94. The second-order valence-corrected chi connectivity index (χ2v) is 39.5. The minimum atomic E-state index is -1.79. The van der Waals surface area contributed by atoms with Gasteiger partial charge in [-0.25, -0.2) is 19.6 Å². The number of fused-ring (bicyclic) bond motifs is 4. The molecule has 6 aromatic rings.